The summed E-state index contributed by atoms with van der Waals surface area (Å²) in [5, 5.41) is 9.76. The Bertz CT molecular complexity index is 781. The average Bonchev–Trinajstić information content (AvgIpc) is 2.67. The molecule has 0 spiro atoms. The van der Waals surface area contributed by atoms with Crippen molar-refractivity contribution in [3.63, 3.8) is 0 Å². The number of hydrogen-bond donors (Lipinski definition) is 1. The fraction of sp³-hybridized carbons (Fsp3) is 0.667. The maximum absolute atomic E-state index is 14.8. The molecule has 1 aromatic heterocycles. The summed E-state index contributed by atoms with van der Waals surface area (Å²) in [6.07, 6.45) is 2.60. The lowest BCUT2D eigenvalue weighted by Gasteiger charge is -2.40. The van der Waals surface area contributed by atoms with Crippen LogP contribution < -0.4 is 9.80 Å². The van der Waals surface area contributed by atoms with Gasteiger partial charge >= 0.3 is 6.09 Å². The van der Waals surface area contributed by atoms with E-state index in [0.717, 1.165) is 37.3 Å². The van der Waals surface area contributed by atoms with E-state index in [1.807, 2.05) is 9.80 Å². The van der Waals surface area contributed by atoms with Crippen LogP contribution in [0.3, 0.4) is 0 Å². The van der Waals surface area contributed by atoms with Gasteiger partial charge in [-0.15, -0.1) is 0 Å². The minimum absolute atomic E-state index is 0.0730. The van der Waals surface area contributed by atoms with E-state index in [-0.39, 0.29) is 23.2 Å². The van der Waals surface area contributed by atoms with Crippen LogP contribution in [-0.4, -0.2) is 83.7 Å². The van der Waals surface area contributed by atoms with Crippen LogP contribution in [0.2, 0.25) is 0 Å². The third-order valence-electron chi connectivity index (χ3n) is 5.93. The molecule has 0 atom stereocenters. The third-order valence-corrected chi connectivity index (χ3v) is 5.93. The lowest BCUT2D eigenvalue weighted by molar-refractivity contribution is -0.137. The minimum atomic E-state index is -1.16. The second-order valence-corrected chi connectivity index (χ2v) is 9.17. The molecular formula is C21H32FN5O3. The molecule has 1 aromatic rings. The molecule has 2 saturated heterocycles. The quantitative estimate of drug-likeness (QED) is 0.808. The van der Waals surface area contributed by atoms with Gasteiger partial charge in [0.1, 0.15) is 5.69 Å². The van der Waals surface area contributed by atoms with Crippen LogP contribution in [0.4, 0.5) is 20.6 Å². The van der Waals surface area contributed by atoms with Crippen molar-refractivity contribution < 1.29 is 19.1 Å². The third kappa shape index (κ3) is 4.66. The summed E-state index contributed by atoms with van der Waals surface area (Å²) < 4.78 is 14.8. The SMILES string of the molecule is CN1CCN(C(=O)C2CCN(c3c(F)cncc3N(C(=O)O)C(C)(C)C)CC2)CC1. The summed E-state index contributed by atoms with van der Waals surface area (Å²) in [6, 6.07) is 0. The highest BCUT2D eigenvalue weighted by Gasteiger charge is 2.35. The first kappa shape index (κ1) is 22.3. The molecule has 166 valence electrons. The largest absolute Gasteiger partial charge is 0.465 e. The number of carboxylic acid groups (broad SMARTS) is 1. The van der Waals surface area contributed by atoms with E-state index in [1.54, 1.807) is 20.8 Å². The first-order chi connectivity index (χ1) is 14.1. The summed E-state index contributed by atoms with van der Waals surface area (Å²) in [7, 11) is 2.05. The maximum Gasteiger partial charge on any atom is 0.412 e. The number of piperazine rings is 1. The fourth-order valence-electron chi connectivity index (χ4n) is 4.28. The Morgan fingerprint density at radius 1 is 1.10 bits per heavy atom. The lowest BCUT2D eigenvalue weighted by Crippen LogP contribution is -2.51. The maximum atomic E-state index is 14.8. The highest BCUT2D eigenvalue weighted by Crippen LogP contribution is 2.37. The van der Waals surface area contributed by atoms with Crippen molar-refractivity contribution in [2.45, 2.75) is 39.2 Å². The van der Waals surface area contributed by atoms with Crippen LogP contribution >= 0.6 is 0 Å². The Hall–Kier alpha value is -2.42. The summed E-state index contributed by atoms with van der Waals surface area (Å²) in [5.74, 6) is -0.442. The van der Waals surface area contributed by atoms with E-state index in [9.17, 15) is 19.1 Å². The molecule has 0 bridgehead atoms. The smallest absolute Gasteiger partial charge is 0.412 e. The van der Waals surface area contributed by atoms with Crippen LogP contribution in [-0.2, 0) is 4.79 Å². The number of carbonyl (C=O) groups excluding carboxylic acids is 1. The molecule has 0 saturated carbocycles. The van der Waals surface area contributed by atoms with Gasteiger partial charge in [-0.1, -0.05) is 0 Å². The van der Waals surface area contributed by atoms with Crippen LogP contribution in [0, 0.1) is 11.7 Å². The zero-order chi connectivity index (χ0) is 22.1. The Labute approximate surface area is 177 Å². The van der Waals surface area contributed by atoms with Crippen LogP contribution in [0.25, 0.3) is 0 Å². The Balaban J connectivity index is 1.76. The monoisotopic (exact) mass is 421 g/mol. The number of pyridine rings is 1. The number of likely N-dealkylation sites (N-methyl/N-ethyl adjacent to an activating group) is 1. The normalized spacial score (nSPS) is 19.1. The molecule has 0 unspecified atom stereocenters. The standard InChI is InChI=1S/C21H32FN5O3/c1-21(2,3)27(20(29)30)17-14-23-13-16(22)18(17)25-7-5-15(6-8-25)19(28)26-11-9-24(4)10-12-26/h13-15H,5-12H2,1-4H3,(H,29,30). The second-order valence-electron chi connectivity index (χ2n) is 9.17. The molecule has 2 aliphatic rings. The highest BCUT2D eigenvalue weighted by molar-refractivity contribution is 5.92. The van der Waals surface area contributed by atoms with E-state index in [4.69, 9.17) is 0 Å². The number of halogens is 1. The number of piperidine rings is 1. The van der Waals surface area contributed by atoms with E-state index in [1.165, 1.54) is 6.20 Å². The van der Waals surface area contributed by atoms with E-state index < -0.39 is 17.4 Å². The minimum Gasteiger partial charge on any atom is -0.465 e. The van der Waals surface area contributed by atoms with Gasteiger partial charge in [-0.05, 0) is 40.7 Å². The highest BCUT2D eigenvalue weighted by atomic mass is 19.1. The molecule has 9 heteroatoms. The number of aromatic nitrogens is 1. The first-order valence-corrected chi connectivity index (χ1v) is 10.5. The lowest BCUT2D eigenvalue weighted by atomic mass is 9.94. The summed E-state index contributed by atoms with van der Waals surface area (Å²) in [4.78, 5) is 35.9. The zero-order valence-electron chi connectivity index (χ0n) is 18.3. The number of nitrogens with zero attached hydrogens (tertiary/aromatic N) is 5. The molecular weight excluding hydrogens is 389 g/mol. The van der Waals surface area contributed by atoms with E-state index in [0.29, 0.717) is 25.9 Å². The van der Waals surface area contributed by atoms with Crippen LogP contribution in [0.1, 0.15) is 33.6 Å². The van der Waals surface area contributed by atoms with Gasteiger partial charge in [0.15, 0.2) is 5.82 Å². The molecule has 2 amide bonds. The second kappa shape index (κ2) is 8.75. The van der Waals surface area contributed by atoms with Gasteiger partial charge in [-0.3, -0.25) is 14.7 Å². The number of amides is 2. The number of carbonyl (C=O) groups is 2. The van der Waals surface area contributed by atoms with Crippen molar-refractivity contribution >= 4 is 23.4 Å². The summed E-state index contributed by atoms with van der Waals surface area (Å²) in [6.45, 7) is 9.54. The fourth-order valence-corrected chi connectivity index (χ4v) is 4.28. The van der Waals surface area contributed by atoms with Gasteiger partial charge in [0.2, 0.25) is 5.91 Å². The summed E-state index contributed by atoms with van der Waals surface area (Å²) >= 11 is 0. The van der Waals surface area contributed by atoms with E-state index in [2.05, 4.69) is 16.9 Å². The Kier molecular flexibility index (Phi) is 6.50. The van der Waals surface area contributed by atoms with Crippen molar-refractivity contribution in [3.8, 4) is 0 Å². The Morgan fingerprint density at radius 3 is 2.23 bits per heavy atom. The summed E-state index contributed by atoms with van der Waals surface area (Å²) in [5.41, 5.74) is -0.280. The topological polar surface area (TPSA) is 80.2 Å². The van der Waals surface area contributed by atoms with Gasteiger partial charge in [0.05, 0.1) is 18.1 Å². The molecule has 3 rings (SSSR count). The van der Waals surface area contributed by atoms with Crippen molar-refractivity contribution in [2.75, 3.05) is 56.1 Å². The zero-order valence-corrected chi connectivity index (χ0v) is 18.3. The van der Waals surface area contributed by atoms with Gasteiger partial charge in [-0.2, -0.15) is 0 Å². The molecule has 0 aliphatic carbocycles. The molecule has 0 radical (unpaired) electrons. The first-order valence-electron chi connectivity index (χ1n) is 10.5. The predicted octanol–water partition coefficient (Wildman–Crippen LogP) is 2.49. The Morgan fingerprint density at radius 2 is 1.70 bits per heavy atom. The number of hydrogen-bond acceptors (Lipinski definition) is 5. The molecule has 2 fully saturated rings. The van der Waals surface area contributed by atoms with Gasteiger partial charge in [0, 0.05) is 50.7 Å². The van der Waals surface area contributed by atoms with E-state index >= 15 is 0 Å². The predicted molar refractivity (Wildman–Crippen MR) is 113 cm³/mol. The molecule has 30 heavy (non-hydrogen) atoms. The molecule has 3 heterocycles. The molecule has 0 aromatic carbocycles. The molecule has 8 nitrogen and oxygen atoms in total. The van der Waals surface area contributed by atoms with Crippen LogP contribution in [0.5, 0.6) is 0 Å². The molecule has 2 aliphatic heterocycles. The number of anilines is 2. The van der Waals surface area contributed by atoms with Gasteiger partial charge in [0.25, 0.3) is 0 Å². The van der Waals surface area contributed by atoms with Gasteiger partial charge < -0.3 is 19.8 Å². The number of rotatable bonds is 3. The van der Waals surface area contributed by atoms with Gasteiger partial charge in [-0.25, -0.2) is 9.18 Å². The van der Waals surface area contributed by atoms with Crippen molar-refractivity contribution in [1.29, 1.82) is 0 Å². The van der Waals surface area contributed by atoms with Crippen molar-refractivity contribution in [1.82, 2.24) is 14.8 Å². The van der Waals surface area contributed by atoms with Crippen LogP contribution in [0.15, 0.2) is 12.4 Å². The van der Waals surface area contributed by atoms with Crippen molar-refractivity contribution in [2.24, 2.45) is 5.92 Å². The molecule has 1 N–H and O–H groups in total. The average molecular weight is 422 g/mol. The van der Waals surface area contributed by atoms with Crippen molar-refractivity contribution in [3.05, 3.63) is 18.2 Å².